The van der Waals surface area contributed by atoms with Gasteiger partial charge >= 0.3 is 12.0 Å². The number of carboxylic acids is 1. The number of nitrogens with zero attached hydrogens (tertiary/aromatic N) is 4. The molecule has 7 nitrogen and oxygen atoms in total. The van der Waals surface area contributed by atoms with Gasteiger partial charge in [0.2, 0.25) is 0 Å². The van der Waals surface area contributed by atoms with Crippen molar-refractivity contribution in [3.8, 4) is 11.8 Å². The van der Waals surface area contributed by atoms with Crippen LogP contribution in [0.1, 0.15) is 10.4 Å². The molecule has 0 aliphatic heterocycles. The summed E-state index contributed by atoms with van der Waals surface area (Å²) < 4.78 is 6.55. The molecular weight excluding hydrogens is 248 g/mol. The molecule has 0 aliphatic rings. The van der Waals surface area contributed by atoms with E-state index in [4.69, 9.17) is 21.4 Å². The Morgan fingerprint density at radius 2 is 2.29 bits per heavy atom. The molecule has 1 aromatic heterocycles. The molecule has 1 N–H and O–H groups in total. The number of aryl methyl sites for hydroxylation is 1. The van der Waals surface area contributed by atoms with Gasteiger partial charge in [-0.25, -0.2) is 4.79 Å². The molecule has 1 aromatic carbocycles. The molecule has 0 unspecified atom stereocenters. The highest BCUT2D eigenvalue weighted by Crippen LogP contribution is 2.26. The zero-order valence-corrected chi connectivity index (χ0v) is 9.42. The second-order valence-corrected chi connectivity index (χ2v) is 3.57. The Bertz CT molecular complexity index is 569. The average Bonchev–Trinajstić information content (AvgIpc) is 2.64. The number of carboxylic acid groups (broad SMARTS) is 1. The van der Waals surface area contributed by atoms with Crippen LogP contribution >= 0.6 is 11.6 Å². The van der Waals surface area contributed by atoms with Crippen LogP contribution in [0.15, 0.2) is 18.2 Å². The summed E-state index contributed by atoms with van der Waals surface area (Å²) in [5.41, 5.74) is -0.0163. The molecule has 0 fully saturated rings. The highest BCUT2D eigenvalue weighted by molar-refractivity contribution is 6.30. The number of hydrogen-bond acceptors (Lipinski definition) is 5. The summed E-state index contributed by atoms with van der Waals surface area (Å²) in [6.45, 7) is 0. The predicted octanol–water partition coefficient (Wildman–Crippen LogP) is 1.35. The standard InChI is InChI=1S/C9H7ClN4O3/c1-14-9(11-12-13-14)17-7-4-5(10)2-3-6(7)8(15)16/h2-4H,1H3,(H,15,16). The minimum absolute atomic E-state index is 0.0163. The van der Waals surface area contributed by atoms with Crippen molar-refractivity contribution >= 4 is 17.6 Å². The SMILES string of the molecule is Cn1nnnc1Oc1cc(Cl)ccc1C(=O)O. The van der Waals surface area contributed by atoms with Gasteiger partial charge in [-0.05, 0) is 22.6 Å². The van der Waals surface area contributed by atoms with Crippen molar-refractivity contribution in [2.45, 2.75) is 0 Å². The summed E-state index contributed by atoms with van der Waals surface area (Å²) in [5, 5.41) is 19.9. The highest BCUT2D eigenvalue weighted by atomic mass is 35.5. The van der Waals surface area contributed by atoms with E-state index in [0.29, 0.717) is 5.02 Å². The van der Waals surface area contributed by atoms with E-state index in [1.807, 2.05) is 0 Å². The number of carbonyl (C=O) groups is 1. The molecular formula is C9H7ClN4O3. The maximum Gasteiger partial charge on any atom is 0.340 e. The monoisotopic (exact) mass is 254 g/mol. The summed E-state index contributed by atoms with van der Waals surface area (Å²) in [6, 6.07) is 4.28. The third-order valence-corrected chi connectivity index (χ3v) is 2.19. The fraction of sp³-hybridized carbons (Fsp3) is 0.111. The lowest BCUT2D eigenvalue weighted by atomic mass is 10.2. The molecule has 0 radical (unpaired) electrons. The van der Waals surface area contributed by atoms with Crippen LogP contribution in [-0.4, -0.2) is 31.3 Å². The van der Waals surface area contributed by atoms with Gasteiger partial charge in [-0.3, -0.25) is 0 Å². The van der Waals surface area contributed by atoms with Gasteiger partial charge in [0, 0.05) is 18.1 Å². The Hall–Kier alpha value is -2.15. The number of benzene rings is 1. The maximum atomic E-state index is 11.0. The zero-order chi connectivity index (χ0) is 12.4. The summed E-state index contributed by atoms with van der Waals surface area (Å²) in [4.78, 5) is 11.0. The molecule has 0 aliphatic carbocycles. The van der Waals surface area contributed by atoms with Crippen LogP contribution < -0.4 is 4.74 Å². The Kier molecular flexibility index (Phi) is 2.92. The van der Waals surface area contributed by atoms with Gasteiger partial charge in [-0.2, -0.15) is 4.68 Å². The molecule has 17 heavy (non-hydrogen) atoms. The number of aromatic carboxylic acids is 1. The summed E-state index contributed by atoms with van der Waals surface area (Å²) in [6.07, 6.45) is 0. The molecule has 0 spiro atoms. The van der Waals surface area contributed by atoms with Gasteiger partial charge in [0.15, 0.2) is 0 Å². The third-order valence-electron chi connectivity index (χ3n) is 1.96. The van der Waals surface area contributed by atoms with E-state index in [9.17, 15) is 4.79 Å². The smallest absolute Gasteiger partial charge is 0.340 e. The Morgan fingerprint density at radius 3 is 2.88 bits per heavy atom. The van der Waals surface area contributed by atoms with Crippen molar-refractivity contribution in [3.05, 3.63) is 28.8 Å². The van der Waals surface area contributed by atoms with E-state index in [-0.39, 0.29) is 17.3 Å². The van der Waals surface area contributed by atoms with E-state index in [2.05, 4.69) is 15.5 Å². The predicted molar refractivity (Wildman–Crippen MR) is 57.3 cm³/mol. The topological polar surface area (TPSA) is 90.1 Å². The van der Waals surface area contributed by atoms with E-state index >= 15 is 0 Å². The van der Waals surface area contributed by atoms with Gasteiger partial charge in [0.05, 0.1) is 0 Å². The van der Waals surface area contributed by atoms with Crippen molar-refractivity contribution in [1.82, 2.24) is 20.2 Å². The lowest BCUT2D eigenvalue weighted by molar-refractivity contribution is 0.0694. The minimum Gasteiger partial charge on any atom is -0.478 e. The largest absolute Gasteiger partial charge is 0.478 e. The van der Waals surface area contributed by atoms with Crippen LogP contribution in [0.5, 0.6) is 11.8 Å². The maximum absolute atomic E-state index is 11.0. The van der Waals surface area contributed by atoms with Gasteiger partial charge in [0.1, 0.15) is 11.3 Å². The number of hydrogen-bond donors (Lipinski definition) is 1. The summed E-state index contributed by atoms with van der Waals surface area (Å²) >= 11 is 5.77. The number of halogens is 1. The van der Waals surface area contributed by atoms with Gasteiger partial charge in [0.25, 0.3) is 0 Å². The number of ether oxygens (including phenoxy) is 1. The van der Waals surface area contributed by atoms with Gasteiger partial charge in [-0.1, -0.05) is 16.7 Å². The van der Waals surface area contributed by atoms with Crippen LogP contribution in [0.4, 0.5) is 0 Å². The third kappa shape index (κ3) is 2.34. The van der Waals surface area contributed by atoms with Gasteiger partial charge in [-0.15, -0.1) is 0 Å². The van der Waals surface area contributed by atoms with Crippen LogP contribution in [0.25, 0.3) is 0 Å². The zero-order valence-electron chi connectivity index (χ0n) is 8.66. The van der Waals surface area contributed by atoms with Crippen molar-refractivity contribution < 1.29 is 14.6 Å². The molecule has 88 valence electrons. The van der Waals surface area contributed by atoms with Crippen LogP contribution in [0, 0.1) is 0 Å². The number of aromatic nitrogens is 4. The first-order valence-corrected chi connectivity index (χ1v) is 4.89. The van der Waals surface area contributed by atoms with Crippen LogP contribution in [0.3, 0.4) is 0 Å². The molecule has 0 atom stereocenters. The molecule has 0 bridgehead atoms. The number of tetrazole rings is 1. The molecule has 0 saturated carbocycles. The van der Waals surface area contributed by atoms with Crippen LogP contribution in [0.2, 0.25) is 5.02 Å². The molecule has 0 saturated heterocycles. The normalized spacial score (nSPS) is 10.2. The Labute approximate surface area is 101 Å². The lowest BCUT2D eigenvalue weighted by Gasteiger charge is -2.06. The molecule has 2 aromatic rings. The number of rotatable bonds is 3. The van der Waals surface area contributed by atoms with Crippen molar-refractivity contribution in [2.75, 3.05) is 0 Å². The first-order valence-electron chi connectivity index (χ1n) is 4.51. The second kappa shape index (κ2) is 4.38. The lowest BCUT2D eigenvalue weighted by Crippen LogP contribution is -2.02. The van der Waals surface area contributed by atoms with Crippen molar-refractivity contribution in [3.63, 3.8) is 0 Å². The van der Waals surface area contributed by atoms with Crippen molar-refractivity contribution in [1.29, 1.82) is 0 Å². The quantitative estimate of drug-likeness (QED) is 0.889. The average molecular weight is 255 g/mol. The first-order chi connectivity index (χ1) is 8.08. The molecule has 1 heterocycles. The Morgan fingerprint density at radius 1 is 1.53 bits per heavy atom. The highest BCUT2D eigenvalue weighted by Gasteiger charge is 2.14. The Balaban J connectivity index is 2.41. The fourth-order valence-electron chi connectivity index (χ4n) is 1.16. The minimum atomic E-state index is -1.12. The van der Waals surface area contributed by atoms with E-state index in [1.165, 1.54) is 22.9 Å². The van der Waals surface area contributed by atoms with E-state index in [1.54, 1.807) is 7.05 Å². The molecule has 0 amide bonds. The summed E-state index contributed by atoms with van der Waals surface area (Å²) in [5.74, 6) is -1.03. The second-order valence-electron chi connectivity index (χ2n) is 3.13. The van der Waals surface area contributed by atoms with Crippen molar-refractivity contribution in [2.24, 2.45) is 7.05 Å². The summed E-state index contributed by atoms with van der Waals surface area (Å²) in [7, 11) is 1.57. The molecule has 8 heteroatoms. The van der Waals surface area contributed by atoms with E-state index in [0.717, 1.165) is 0 Å². The van der Waals surface area contributed by atoms with E-state index < -0.39 is 5.97 Å². The fourth-order valence-corrected chi connectivity index (χ4v) is 1.33. The first kappa shape index (κ1) is 11.3. The molecule has 2 rings (SSSR count). The van der Waals surface area contributed by atoms with Crippen LogP contribution in [-0.2, 0) is 7.05 Å². The van der Waals surface area contributed by atoms with Gasteiger partial charge < -0.3 is 9.84 Å².